The van der Waals surface area contributed by atoms with Crippen LogP contribution < -0.4 is 5.32 Å². The Balaban J connectivity index is 2.68. The van der Waals surface area contributed by atoms with Crippen molar-refractivity contribution >= 4 is 23.4 Å². The van der Waals surface area contributed by atoms with E-state index >= 15 is 0 Å². The van der Waals surface area contributed by atoms with Crippen molar-refractivity contribution in [3.8, 4) is 0 Å². The predicted molar refractivity (Wildman–Crippen MR) is 67.7 cm³/mol. The van der Waals surface area contributed by atoms with E-state index in [1.807, 2.05) is 13.8 Å². The first-order chi connectivity index (χ1) is 8.58. The molecule has 1 atom stereocenters. The number of carbonyl (C=O) groups excluding carboxylic acids is 1. The summed E-state index contributed by atoms with van der Waals surface area (Å²) in [6, 6.07) is -0.341. The van der Waals surface area contributed by atoms with E-state index in [2.05, 4.69) is 14.9 Å². The third-order valence-corrected chi connectivity index (χ3v) is 3.26. The summed E-state index contributed by atoms with van der Waals surface area (Å²) in [5, 5.41) is 15.4. The van der Waals surface area contributed by atoms with E-state index in [0.29, 0.717) is 23.4 Å². The normalized spacial score (nSPS) is 12.1. The predicted octanol–water partition coefficient (Wildman–Crippen LogP) is 1.47. The van der Waals surface area contributed by atoms with Gasteiger partial charge in [-0.25, -0.2) is 0 Å². The summed E-state index contributed by atoms with van der Waals surface area (Å²) in [5.74, 6) is -1.19. The number of aromatic nitrogens is 2. The summed E-state index contributed by atoms with van der Waals surface area (Å²) in [6.45, 7) is 3.85. The zero-order chi connectivity index (χ0) is 13.5. The molecule has 0 aliphatic rings. The molecule has 1 aromatic heterocycles. The fraction of sp³-hybridized carbons (Fsp3) is 0.636. The highest BCUT2D eigenvalue weighted by molar-refractivity contribution is 7.08. The van der Waals surface area contributed by atoms with Gasteiger partial charge in [0.2, 0.25) is 0 Å². The molecule has 0 fully saturated rings. The molecule has 100 valence electrons. The highest BCUT2D eigenvalue weighted by Gasteiger charge is 2.20. The first-order valence-electron chi connectivity index (χ1n) is 5.92. The van der Waals surface area contributed by atoms with Gasteiger partial charge in [-0.1, -0.05) is 24.8 Å². The number of amides is 1. The molecule has 0 aromatic carbocycles. The molecule has 0 aliphatic heterocycles. The number of carbonyl (C=O) groups is 2. The smallest absolute Gasteiger partial charge is 0.305 e. The number of nitrogens with one attached hydrogen (secondary N) is 1. The number of aliphatic carboxylic acids is 1. The van der Waals surface area contributed by atoms with Gasteiger partial charge in [-0.15, -0.1) is 5.10 Å². The lowest BCUT2D eigenvalue weighted by Gasteiger charge is -2.15. The second-order valence-electron chi connectivity index (χ2n) is 3.96. The number of aryl methyl sites for hydroxylation is 1. The van der Waals surface area contributed by atoms with Crippen LogP contribution >= 0.6 is 11.5 Å². The maximum Gasteiger partial charge on any atom is 0.305 e. The minimum Gasteiger partial charge on any atom is -0.481 e. The van der Waals surface area contributed by atoms with Crippen molar-refractivity contribution in [3.63, 3.8) is 0 Å². The van der Waals surface area contributed by atoms with Gasteiger partial charge < -0.3 is 10.4 Å². The second-order valence-corrected chi connectivity index (χ2v) is 4.71. The van der Waals surface area contributed by atoms with E-state index < -0.39 is 5.97 Å². The topological polar surface area (TPSA) is 92.2 Å². The molecule has 18 heavy (non-hydrogen) atoms. The van der Waals surface area contributed by atoms with Crippen LogP contribution in [0.25, 0.3) is 0 Å². The average molecular weight is 271 g/mol. The van der Waals surface area contributed by atoms with Crippen LogP contribution in [0.15, 0.2) is 0 Å². The summed E-state index contributed by atoms with van der Waals surface area (Å²) in [6.07, 6.45) is 2.04. The maximum atomic E-state index is 12.0. The molecule has 6 nitrogen and oxygen atoms in total. The van der Waals surface area contributed by atoms with Crippen LogP contribution in [-0.4, -0.2) is 32.6 Å². The molecule has 0 aliphatic carbocycles. The molecule has 0 spiro atoms. The van der Waals surface area contributed by atoms with Crippen LogP contribution in [0.4, 0.5) is 0 Å². The molecule has 0 radical (unpaired) electrons. The first-order valence-corrected chi connectivity index (χ1v) is 6.69. The van der Waals surface area contributed by atoms with Gasteiger partial charge in [0.15, 0.2) is 0 Å². The Bertz CT molecular complexity index is 419. The molecule has 7 heteroatoms. The van der Waals surface area contributed by atoms with Crippen LogP contribution in [0.1, 0.15) is 48.5 Å². The molecule has 1 amide bonds. The van der Waals surface area contributed by atoms with Gasteiger partial charge in [0.05, 0.1) is 12.1 Å². The van der Waals surface area contributed by atoms with Crippen molar-refractivity contribution < 1.29 is 14.7 Å². The number of rotatable bonds is 7. The van der Waals surface area contributed by atoms with Crippen molar-refractivity contribution in [2.24, 2.45) is 0 Å². The number of hydrogen-bond acceptors (Lipinski definition) is 5. The van der Waals surface area contributed by atoms with Crippen molar-refractivity contribution in [1.29, 1.82) is 0 Å². The SMILES string of the molecule is CCCC(CC(=O)O)NC(=O)c1snnc1CC. The minimum atomic E-state index is -0.910. The van der Waals surface area contributed by atoms with Crippen molar-refractivity contribution in [2.45, 2.75) is 45.6 Å². The third-order valence-electron chi connectivity index (χ3n) is 2.49. The quantitative estimate of drug-likeness (QED) is 0.783. The van der Waals surface area contributed by atoms with E-state index in [1.54, 1.807) is 0 Å². The van der Waals surface area contributed by atoms with Crippen molar-refractivity contribution in [3.05, 3.63) is 10.6 Å². The van der Waals surface area contributed by atoms with Crippen LogP contribution in [-0.2, 0) is 11.2 Å². The molecule has 1 rings (SSSR count). The zero-order valence-electron chi connectivity index (χ0n) is 10.5. The summed E-state index contributed by atoms with van der Waals surface area (Å²) < 4.78 is 3.74. The summed E-state index contributed by atoms with van der Waals surface area (Å²) in [7, 11) is 0. The summed E-state index contributed by atoms with van der Waals surface area (Å²) >= 11 is 1.04. The molecule has 0 saturated heterocycles. The number of carboxylic acids is 1. The van der Waals surface area contributed by atoms with E-state index in [-0.39, 0.29) is 18.4 Å². The fourth-order valence-electron chi connectivity index (χ4n) is 1.65. The number of nitrogens with zero attached hydrogens (tertiary/aromatic N) is 2. The largest absolute Gasteiger partial charge is 0.481 e. The molecule has 1 heterocycles. The Hall–Kier alpha value is -1.50. The minimum absolute atomic E-state index is 0.0622. The number of carboxylic acid groups (broad SMARTS) is 1. The van der Waals surface area contributed by atoms with Crippen LogP contribution in [0.2, 0.25) is 0 Å². The lowest BCUT2D eigenvalue weighted by atomic mass is 10.1. The molecule has 0 saturated carbocycles. The standard InChI is InChI=1S/C11H17N3O3S/c1-3-5-7(6-9(15)16)12-11(17)10-8(4-2)13-14-18-10/h7H,3-6H2,1-2H3,(H,12,17)(H,15,16). The Morgan fingerprint density at radius 3 is 2.72 bits per heavy atom. The monoisotopic (exact) mass is 271 g/mol. The molecule has 2 N–H and O–H groups in total. The summed E-state index contributed by atoms with van der Waals surface area (Å²) in [4.78, 5) is 23.2. The van der Waals surface area contributed by atoms with Crippen LogP contribution in [0.5, 0.6) is 0 Å². The van der Waals surface area contributed by atoms with Crippen LogP contribution in [0.3, 0.4) is 0 Å². The molecule has 0 bridgehead atoms. The van der Waals surface area contributed by atoms with Gasteiger partial charge in [-0.05, 0) is 24.4 Å². The maximum absolute atomic E-state index is 12.0. The lowest BCUT2D eigenvalue weighted by Crippen LogP contribution is -2.36. The average Bonchev–Trinajstić information content (AvgIpc) is 2.76. The summed E-state index contributed by atoms with van der Waals surface area (Å²) in [5.41, 5.74) is 0.656. The second kappa shape index (κ2) is 7.05. The highest BCUT2D eigenvalue weighted by atomic mass is 32.1. The van der Waals surface area contributed by atoms with Gasteiger partial charge in [0, 0.05) is 6.04 Å². The number of hydrogen-bond donors (Lipinski definition) is 2. The van der Waals surface area contributed by atoms with E-state index in [9.17, 15) is 9.59 Å². The molecule has 1 aromatic rings. The highest BCUT2D eigenvalue weighted by Crippen LogP contribution is 2.12. The van der Waals surface area contributed by atoms with E-state index in [0.717, 1.165) is 18.0 Å². The van der Waals surface area contributed by atoms with Gasteiger partial charge in [-0.3, -0.25) is 9.59 Å². The Kier molecular flexibility index (Phi) is 5.70. The Morgan fingerprint density at radius 2 is 2.17 bits per heavy atom. The Labute approximate surface area is 110 Å². The van der Waals surface area contributed by atoms with Crippen LogP contribution in [0, 0.1) is 0 Å². The molecular weight excluding hydrogens is 254 g/mol. The Morgan fingerprint density at radius 1 is 1.44 bits per heavy atom. The van der Waals surface area contributed by atoms with Gasteiger partial charge in [0.1, 0.15) is 4.88 Å². The first kappa shape index (κ1) is 14.6. The zero-order valence-corrected chi connectivity index (χ0v) is 11.3. The molecule has 1 unspecified atom stereocenters. The van der Waals surface area contributed by atoms with E-state index in [1.165, 1.54) is 0 Å². The van der Waals surface area contributed by atoms with Crippen molar-refractivity contribution in [1.82, 2.24) is 14.9 Å². The molecular formula is C11H17N3O3S. The van der Waals surface area contributed by atoms with E-state index in [4.69, 9.17) is 5.11 Å². The van der Waals surface area contributed by atoms with Crippen molar-refractivity contribution in [2.75, 3.05) is 0 Å². The third kappa shape index (κ3) is 4.06. The fourth-order valence-corrected chi connectivity index (χ4v) is 2.30. The van der Waals surface area contributed by atoms with Gasteiger partial charge >= 0.3 is 5.97 Å². The lowest BCUT2D eigenvalue weighted by molar-refractivity contribution is -0.137. The van der Waals surface area contributed by atoms with Gasteiger partial charge in [-0.2, -0.15) is 0 Å². The van der Waals surface area contributed by atoms with Gasteiger partial charge in [0.25, 0.3) is 5.91 Å².